The minimum Gasteiger partial charge on any atom is -0.398 e. The molecule has 0 spiro atoms. The third-order valence-corrected chi connectivity index (χ3v) is 1.22. The zero-order valence-electron chi connectivity index (χ0n) is 5.24. The van der Waals surface area contributed by atoms with Crippen molar-refractivity contribution in [3.05, 3.63) is 34.1 Å². The molecule has 0 aromatic heterocycles. The quantitative estimate of drug-likeness (QED) is 0.447. The van der Waals surface area contributed by atoms with Gasteiger partial charge in [0.1, 0.15) is 5.56 Å². The molecule has 0 aliphatic carbocycles. The van der Waals surface area contributed by atoms with E-state index in [1.165, 1.54) is 0 Å². The molecule has 0 radical (unpaired) electrons. The molecule has 3 heteroatoms. The maximum Gasteiger partial charge on any atom is 0.293 e. The Balaban J connectivity index is 3.11. The van der Waals surface area contributed by atoms with Crippen LogP contribution in [-0.4, -0.2) is 0 Å². The summed E-state index contributed by atoms with van der Waals surface area (Å²) < 4.78 is 3.32. The van der Waals surface area contributed by atoms with Gasteiger partial charge in [0, 0.05) is 0 Å². The van der Waals surface area contributed by atoms with Gasteiger partial charge in [0.05, 0.1) is 5.69 Å². The maximum absolute atomic E-state index is 5.54. The van der Waals surface area contributed by atoms with Crippen LogP contribution in [0.15, 0.2) is 24.3 Å². The van der Waals surface area contributed by atoms with Gasteiger partial charge >= 0.3 is 0 Å². The van der Waals surface area contributed by atoms with Crippen LogP contribution in [0.4, 0.5) is 5.69 Å². The zero-order chi connectivity index (χ0) is 7.40. The molecular weight excluding hydrogens is 144 g/mol. The third kappa shape index (κ3) is 1.36. The lowest BCUT2D eigenvalue weighted by Gasteiger charge is -1.89. The predicted octanol–water partition coefficient (Wildman–Crippen LogP) is 1.41. The molecule has 10 heavy (non-hydrogen) atoms. The lowest BCUT2D eigenvalue weighted by molar-refractivity contribution is 1.63. The van der Waals surface area contributed by atoms with Gasteiger partial charge in [-0.2, -0.15) is 4.25 Å². The van der Waals surface area contributed by atoms with E-state index in [9.17, 15) is 0 Å². The van der Waals surface area contributed by atoms with Crippen LogP contribution in [0.2, 0.25) is 0 Å². The Morgan fingerprint density at radius 3 is 2.70 bits per heavy atom. The summed E-state index contributed by atoms with van der Waals surface area (Å²) in [4.78, 5) is 0. The molecule has 2 N–H and O–H groups in total. The van der Waals surface area contributed by atoms with Crippen LogP contribution in [0, 0.1) is 6.07 Å². The molecule has 1 rings (SSSR count). The van der Waals surface area contributed by atoms with Gasteiger partial charge in [-0.1, -0.05) is 12.1 Å². The van der Waals surface area contributed by atoms with Crippen molar-refractivity contribution in [3.8, 4) is 6.07 Å². The fraction of sp³-hybridized carbons (Fsp3) is 0. The third-order valence-electron chi connectivity index (χ3n) is 1.13. The van der Waals surface area contributed by atoms with Crippen molar-refractivity contribution in [2.24, 2.45) is 0 Å². The molecule has 0 atom stereocenters. The lowest BCUT2D eigenvalue weighted by Crippen LogP contribution is -1.87. The molecule has 0 unspecified atom stereocenters. The first kappa shape index (κ1) is 6.84. The minimum absolute atomic E-state index is 0.649. The second-order valence-electron chi connectivity index (χ2n) is 1.79. The predicted molar refractivity (Wildman–Crippen MR) is 44.6 cm³/mol. The van der Waals surface area contributed by atoms with E-state index in [1.54, 1.807) is 6.07 Å². The first-order valence-electron chi connectivity index (χ1n) is 2.77. The number of hydrogen-bond donors (Lipinski definition) is 1. The zero-order valence-corrected chi connectivity index (χ0v) is 6.06. The summed E-state index contributed by atoms with van der Waals surface area (Å²) in [5, 5.41) is 0. The first-order valence-corrected chi connectivity index (χ1v) is 3.14. The van der Waals surface area contributed by atoms with Gasteiger partial charge < -0.3 is 5.73 Å². The fourth-order valence-electron chi connectivity index (χ4n) is 0.648. The lowest BCUT2D eigenvalue weighted by atomic mass is 10.2. The van der Waals surface area contributed by atoms with Crippen molar-refractivity contribution in [1.82, 2.24) is 0 Å². The largest absolute Gasteiger partial charge is 0.398 e. The van der Waals surface area contributed by atoms with Crippen LogP contribution in [0.3, 0.4) is 0 Å². The van der Waals surface area contributed by atoms with Gasteiger partial charge in [0.25, 0.3) is 6.07 Å². The molecule has 0 saturated carbocycles. The van der Waals surface area contributed by atoms with Crippen LogP contribution >= 0.6 is 0 Å². The molecule has 0 aliphatic heterocycles. The van der Waals surface area contributed by atoms with E-state index < -0.39 is 0 Å². The van der Waals surface area contributed by atoms with E-state index in [1.807, 2.05) is 18.2 Å². The summed E-state index contributed by atoms with van der Waals surface area (Å²) in [6, 6.07) is 9.89. The van der Waals surface area contributed by atoms with Crippen LogP contribution in [0.25, 0.3) is 4.25 Å². The summed E-state index contributed by atoms with van der Waals surface area (Å²) >= 11 is 4.35. The Hall–Kier alpha value is -1.27. The molecule has 0 bridgehead atoms. The van der Waals surface area contributed by atoms with Gasteiger partial charge in [-0.15, -0.1) is 0 Å². The summed E-state index contributed by atoms with van der Waals surface area (Å²) in [6.45, 7) is 0. The van der Waals surface area contributed by atoms with Crippen LogP contribution < -0.4 is 5.73 Å². The van der Waals surface area contributed by atoms with Crippen molar-refractivity contribution in [1.29, 1.82) is 0 Å². The number of anilines is 1. The molecule has 0 saturated heterocycles. The molecular formula is C7H6N2S. The molecule has 1 aromatic rings. The van der Waals surface area contributed by atoms with Crippen molar-refractivity contribution < 1.29 is 0 Å². The molecule has 1 aromatic carbocycles. The molecule has 2 nitrogen and oxygen atoms in total. The van der Waals surface area contributed by atoms with Gasteiger partial charge in [-0.05, 0) is 12.1 Å². The number of hydrogen-bond acceptors (Lipinski definition) is 2. The Bertz CT molecular complexity index is 285. The summed E-state index contributed by atoms with van der Waals surface area (Å²) in [5.74, 6) is 0. The Labute approximate surface area is 65.0 Å². The van der Waals surface area contributed by atoms with Crippen molar-refractivity contribution in [3.63, 3.8) is 0 Å². The van der Waals surface area contributed by atoms with Gasteiger partial charge in [-0.3, -0.25) is 12.8 Å². The fourth-order valence-corrected chi connectivity index (χ4v) is 0.746. The van der Waals surface area contributed by atoms with Crippen LogP contribution in [-0.2, 0) is 12.8 Å². The molecule has 0 aliphatic rings. The van der Waals surface area contributed by atoms with E-state index >= 15 is 0 Å². The minimum atomic E-state index is 0.649. The van der Waals surface area contributed by atoms with Crippen LogP contribution in [0.5, 0.6) is 0 Å². The normalized spacial score (nSPS) is 8.00. The standard InChI is InChI=1S/C7H6N2S/c8-7-4-2-1-3-6(7)5-9-10/h1-4H,8H2. The Morgan fingerprint density at radius 1 is 1.40 bits per heavy atom. The topological polar surface area (TPSA) is 30.4 Å². The Morgan fingerprint density at radius 2 is 2.10 bits per heavy atom. The number of nitrogens with zero attached hydrogens (tertiary/aromatic N) is 1. The SMILES string of the molecule is Nc1ccccc1C#[N+][S-]. The van der Waals surface area contributed by atoms with Crippen LogP contribution in [0.1, 0.15) is 5.56 Å². The summed E-state index contributed by atoms with van der Waals surface area (Å²) in [7, 11) is 0. The molecule has 0 heterocycles. The van der Waals surface area contributed by atoms with E-state index in [4.69, 9.17) is 5.73 Å². The second-order valence-corrected chi connectivity index (χ2v) is 1.97. The average Bonchev–Trinajstić information content (AvgIpc) is 1.94. The molecule has 0 fully saturated rings. The summed E-state index contributed by atoms with van der Waals surface area (Å²) in [6.07, 6.45) is 0. The highest BCUT2D eigenvalue weighted by atomic mass is 32.1. The smallest absolute Gasteiger partial charge is 0.293 e. The van der Waals surface area contributed by atoms with E-state index in [0.29, 0.717) is 5.69 Å². The summed E-state index contributed by atoms with van der Waals surface area (Å²) in [5.41, 5.74) is 6.93. The monoisotopic (exact) mass is 150 g/mol. The highest BCUT2D eigenvalue weighted by molar-refractivity contribution is 7.61. The van der Waals surface area contributed by atoms with Gasteiger partial charge in [0.15, 0.2) is 0 Å². The number of nitrogen functional groups attached to an aromatic ring is 1. The van der Waals surface area contributed by atoms with E-state index in [2.05, 4.69) is 23.1 Å². The van der Waals surface area contributed by atoms with E-state index in [0.717, 1.165) is 5.56 Å². The maximum atomic E-state index is 5.54. The molecule has 0 amide bonds. The van der Waals surface area contributed by atoms with Crippen molar-refractivity contribution in [2.75, 3.05) is 5.73 Å². The Kier molecular flexibility index (Phi) is 2.08. The van der Waals surface area contributed by atoms with Crippen molar-refractivity contribution in [2.45, 2.75) is 0 Å². The van der Waals surface area contributed by atoms with Crippen molar-refractivity contribution >= 4 is 18.5 Å². The average molecular weight is 150 g/mol. The number of rotatable bonds is 0. The van der Waals surface area contributed by atoms with Gasteiger partial charge in [-0.25, -0.2) is 0 Å². The highest BCUT2D eigenvalue weighted by Gasteiger charge is 1.95. The number of para-hydroxylation sites is 1. The van der Waals surface area contributed by atoms with E-state index in [-0.39, 0.29) is 0 Å². The first-order chi connectivity index (χ1) is 4.84. The highest BCUT2D eigenvalue weighted by Crippen LogP contribution is 2.07. The second kappa shape index (κ2) is 3.04. The number of nitrogens with two attached hydrogens (primary N) is 1. The van der Waals surface area contributed by atoms with Gasteiger partial charge in [0.2, 0.25) is 0 Å². The number of benzene rings is 1. The molecule has 50 valence electrons.